The molecule has 0 radical (unpaired) electrons. The Bertz CT molecular complexity index is 333. The molecule has 0 bridgehead atoms. The highest BCUT2D eigenvalue weighted by Crippen LogP contribution is 2.17. The van der Waals surface area contributed by atoms with Crippen molar-refractivity contribution in [1.82, 2.24) is 9.62 Å². The zero-order chi connectivity index (χ0) is 14.1. The summed E-state index contributed by atoms with van der Waals surface area (Å²) in [5.41, 5.74) is 0. The highest BCUT2D eigenvalue weighted by Gasteiger charge is 2.25. The molecule has 0 aliphatic carbocycles. The van der Waals surface area contributed by atoms with Gasteiger partial charge in [-0.2, -0.15) is 0 Å². The number of nitrogens with zero attached hydrogens (tertiary/aromatic N) is 1. The van der Waals surface area contributed by atoms with Gasteiger partial charge < -0.3 is 10.1 Å². The molecule has 5 nitrogen and oxygen atoms in total. The van der Waals surface area contributed by atoms with Gasteiger partial charge in [0.1, 0.15) is 0 Å². The highest BCUT2D eigenvalue weighted by atomic mass is 32.2. The first-order chi connectivity index (χ1) is 9.04. The van der Waals surface area contributed by atoms with Crippen molar-refractivity contribution in [1.29, 1.82) is 0 Å². The molecule has 19 heavy (non-hydrogen) atoms. The minimum atomic E-state index is -3.02. The molecule has 1 unspecified atom stereocenters. The maximum absolute atomic E-state index is 11.5. The fourth-order valence-electron chi connectivity index (χ4n) is 2.35. The van der Waals surface area contributed by atoms with Gasteiger partial charge in [0, 0.05) is 26.3 Å². The topological polar surface area (TPSA) is 58.6 Å². The summed E-state index contributed by atoms with van der Waals surface area (Å²) in [6, 6.07) is 0. The highest BCUT2D eigenvalue weighted by molar-refractivity contribution is 7.88. The monoisotopic (exact) mass is 292 g/mol. The van der Waals surface area contributed by atoms with Crippen molar-refractivity contribution in [2.24, 2.45) is 5.92 Å². The number of rotatable bonds is 9. The van der Waals surface area contributed by atoms with Crippen LogP contribution in [0.1, 0.15) is 32.6 Å². The van der Waals surface area contributed by atoms with E-state index in [1.165, 1.54) is 6.26 Å². The molecule has 1 atom stereocenters. The van der Waals surface area contributed by atoms with E-state index >= 15 is 0 Å². The molecule has 1 saturated heterocycles. The van der Waals surface area contributed by atoms with E-state index in [1.807, 2.05) is 0 Å². The van der Waals surface area contributed by atoms with E-state index in [0.717, 1.165) is 52.0 Å². The van der Waals surface area contributed by atoms with Crippen LogP contribution in [-0.4, -0.2) is 58.4 Å². The molecule has 0 amide bonds. The molecule has 0 spiro atoms. The Labute approximate surface area is 117 Å². The summed E-state index contributed by atoms with van der Waals surface area (Å²) in [4.78, 5) is 0. The van der Waals surface area contributed by atoms with Gasteiger partial charge in [-0.15, -0.1) is 0 Å². The van der Waals surface area contributed by atoms with Crippen LogP contribution in [-0.2, 0) is 14.8 Å². The Morgan fingerprint density at radius 3 is 2.84 bits per heavy atom. The van der Waals surface area contributed by atoms with E-state index in [-0.39, 0.29) is 0 Å². The summed E-state index contributed by atoms with van der Waals surface area (Å²) in [5, 5.41) is 3.40. The third-order valence-corrected chi connectivity index (χ3v) is 4.64. The Hall–Kier alpha value is -0.170. The van der Waals surface area contributed by atoms with Gasteiger partial charge in [0.2, 0.25) is 10.0 Å². The second-order valence-electron chi connectivity index (χ2n) is 5.30. The van der Waals surface area contributed by atoms with Crippen LogP contribution in [0.25, 0.3) is 0 Å². The van der Waals surface area contributed by atoms with E-state index < -0.39 is 10.0 Å². The molecule has 114 valence electrons. The van der Waals surface area contributed by atoms with Crippen LogP contribution in [0.15, 0.2) is 0 Å². The molecule has 1 heterocycles. The Morgan fingerprint density at radius 1 is 1.37 bits per heavy atom. The van der Waals surface area contributed by atoms with E-state index in [1.54, 1.807) is 4.31 Å². The number of sulfonamides is 1. The van der Waals surface area contributed by atoms with Crippen LogP contribution in [0.2, 0.25) is 0 Å². The summed E-state index contributed by atoms with van der Waals surface area (Å²) in [6.45, 7) is 6.94. The summed E-state index contributed by atoms with van der Waals surface area (Å²) in [6.07, 6.45) is 5.47. The van der Waals surface area contributed by atoms with Crippen molar-refractivity contribution in [2.45, 2.75) is 32.6 Å². The second-order valence-corrected chi connectivity index (χ2v) is 7.28. The molecule has 0 aromatic carbocycles. The third-order valence-electron chi connectivity index (χ3n) is 3.37. The van der Waals surface area contributed by atoms with Crippen LogP contribution < -0.4 is 5.32 Å². The average molecular weight is 292 g/mol. The lowest BCUT2D eigenvalue weighted by Gasteiger charge is -2.31. The SMILES string of the molecule is CCCOCCCNCC1CCCN(S(C)(=O)=O)C1. The van der Waals surface area contributed by atoms with E-state index in [4.69, 9.17) is 4.74 Å². The molecular weight excluding hydrogens is 264 g/mol. The maximum atomic E-state index is 11.5. The first-order valence-electron chi connectivity index (χ1n) is 7.27. The number of hydrogen-bond donors (Lipinski definition) is 1. The van der Waals surface area contributed by atoms with Crippen LogP contribution in [0.4, 0.5) is 0 Å². The van der Waals surface area contributed by atoms with Crippen molar-refractivity contribution in [3.05, 3.63) is 0 Å². The van der Waals surface area contributed by atoms with Crippen LogP contribution in [0.3, 0.4) is 0 Å². The van der Waals surface area contributed by atoms with Crippen molar-refractivity contribution < 1.29 is 13.2 Å². The Balaban J connectivity index is 2.09. The standard InChI is InChI=1S/C13H28N2O3S/c1-3-9-18-10-5-7-14-11-13-6-4-8-15(12-13)19(2,16)17/h13-14H,3-12H2,1-2H3. The van der Waals surface area contributed by atoms with Gasteiger partial charge in [-0.3, -0.25) is 0 Å². The van der Waals surface area contributed by atoms with Crippen LogP contribution in [0, 0.1) is 5.92 Å². The molecule has 0 aromatic rings. The van der Waals surface area contributed by atoms with Crippen molar-refractivity contribution >= 4 is 10.0 Å². The molecule has 6 heteroatoms. The molecule has 1 aliphatic heterocycles. The summed E-state index contributed by atoms with van der Waals surface area (Å²) >= 11 is 0. The molecule has 1 fully saturated rings. The third kappa shape index (κ3) is 7.25. The van der Waals surface area contributed by atoms with Crippen molar-refractivity contribution in [3.8, 4) is 0 Å². The summed E-state index contributed by atoms with van der Waals surface area (Å²) < 4.78 is 30.0. The smallest absolute Gasteiger partial charge is 0.211 e. The minimum Gasteiger partial charge on any atom is -0.381 e. The number of piperidine rings is 1. The predicted octanol–water partition coefficient (Wildman–Crippen LogP) is 1.06. The van der Waals surface area contributed by atoms with Gasteiger partial charge in [-0.05, 0) is 44.7 Å². The Kier molecular flexibility index (Phi) is 7.90. The molecular formula is C13H28N2O3S. The van der Waals surface area contributed by atoms with Gasteiger partial charge in [-0.25, -0.2) is 12.7 Å². The van der Waals surface area contributed by atoms with Gasteiger partial charge in [0.25, 0.3) is 0 Å². The van der Waals surface area contributed by atoms with Gasteiger partial charge in [0.15, 0.2) is 0 Å². The first kappa shape index (κ1) is 16.9. The molecule has 1 rings (SSSR count). The Morgan fingerprint density at radius 2 is 2.16 bits per heavy atom. The lowest BCUT2D eigenvalue weighted by molar-refractivity contribution is 0.131. The van der Waals surface area contributed by atoms with Crippen molar-refractivity contribution in [2.75, 3.05) is 45.6 Å². The van der Waals surface area contributed by atoms with Crippen LogP contribution >= 0.6 is 0 Å². The van der Waals surface area contributed by atoms with Gasteiger partial charge >= 0.3 is 0 Å². The summed E-state index contributed by atoms with van der Waals surface area (Å²) in [7, 11) is -3.02. The number of nitrogens with one attached hydrogen (secondary N) is 1. The molecule has 0 saturated carbocycles. The quantitative estimate of drug-likeness (QED) is 0.646. The van der Waals surface area contributed by atoms with E-state index in [0.29, 0.717) is 19.0 Å². The zero-order valence-corrected chi connectivity index (χ0v) is 13.0. The second kappa shape index (κ2) is 8.89. The molecule has 1 N–H and O–H groups in total. The van der Waals surface area contributed by atoms with E-state index in [9.17, 15) is 8.42 Å². The lowest BCUT2D eigenvalue weighted by Crippen LogP contribution is -2.42. The first-order valence-corrected chi connectivity index (χ1v) is 9.12. The number of ether oxygens (including phenoxy) is 1. The lowest BCUT2D eigenvalue weighted by atomic mass is 10.00. The fourth-order valence-corrected chi connectivity index (χ4v) is 3.29. The normalized spacial score (nSPS) is 21.7. The molecule has 1 aliphatic rings. The van der Waals surface area contributed by atoms with E-state index in [2.05, 4.69) is 12.2 Å². The minimum absolute atomic E-state index is 0.444. The average Bonchev–Trinajstić information content (AvgIpc) is 2.37. The largest absolute Gasteiger partial charge is 0.381 e. The molecule has 0 aromatic heterocycles. The van der Waals surface area contributed by atoms with Gasteiger partial charge in [0.05, 0.1) is 6.26 Å². The zero-order valence-electron chi connectivity index (χ0n) is 12.2. The van der Waals surface area contributed by atoms with Gasteiger partial charge in [-0.1, -0.05) is 6.92 Å². The van der Waals surface area contributed by atoms with Crippen molar-refractivity contribution in [3.63, 3.8) is 0 Å². The number of hydrogen-bond acceptors (Lipinski definition) is 4. The maximum Gasteiger partial charge on any atom is 0.211 e. The predicted molar refractivity (Wildman–Crippen MR) is 77.7 cm³/mol. The van der Waals surface area contributed by atoms with Crippen LogP contribution in [0.5, 0.6) is 0 Å². The fraction of sp³-hybridized carbons (Fsp3) is 1.00. The summed E-state index contributed by atoms with van der Waals surface area (Å²) in [5.74, 6) is 0.444.